The molecule has 3 aromatic rings. The number of benzene rings is 3. The molecule has 1 fully saturated rings. The van der Waals surface area contributed by atoms with Crippen molar-refractivity contribution in [3.63, 3.8) is 0 Å². The van der Waals surface area contributed by atoms with E-state index >= 15 is 0 Å². The Kier molecular flexibility index (Phi) is 5.18. The lowest BCUT2D eigenvalue weighted by Gasteiger charge is -2.31. The molecular formula is C28H28N2O2. The van der Waals surface area contributed by atoms with E-state index in [4.69, 9.17) is 0 Å². The van der Waals surface area contributed by atoms with E-state index in [2.05, 4.69) is 36.6 Å². The summed E-state index contributed by atoms with van der Waals surface area (Å²) in [5, 5.41) is 6.78. The Labute approximate surface area is 189 Å². The molecule has 0 aliphatic carbocycles. The van der Waals surface area contributed by atoms with Crippen LogP contribution in [-0.4, -0.2) is 17.7 Å². The summed E-state index contributed by atoms with van der Waals surface area (Å²) in [7, 11) is 0. The largest absolute Gasteiger partial charge is 0.324 e. The van der Waals surface area contributed by atoms with Gasteiger partial charge in [-0.1, -0.05) is 92.7 Å². The van der Waals surface area contributed by atoms with Gasteiger partial charge in [-0.2, -0.15) is 0 Å². The molecule has 0 aromatic heterocycles. The molecule has 0 bridgehead atoms. The number of ketones is 1. The molecule has 4 unspecified atom stereocenters. The van der Waals surface area contributed by atoms with Gasteiger partial charge >= 0.3 is 0 Å². The standard InChI is InChI=1S/C28H28N2O2/c1-18(2)17-23-24(19-11-5-3-6-12-19)25(26(31)20-13-7-4-8-14-20)28(30-23)21-15-9-10-16-22(21)29-27(28)32/h3-16,18,23-25,30H,17H2,1-2H3,(H,29,32). The van der Waals surface area contributed by atoms with Crippen molar-refractivity contribution in [3.05, 3.63) is 102 Å². The van der Waals surface area contributed by atoms with E-state index in [0.717, 1.165) is 23.2 Å². The van der Waals surface area contributed by atoms with Gasteiger partial charge in [-0.05, 0) is 24.0 Å². The number of Topliss-reactive ketones (excluding diaryl/α,β-unsaturated/α-hetero) is 1. The minimum Gasteiger partial charge on any atom is -0.324 e. The quantitative estimate of drug-likeness (QED) is 0.558. The van der Waals surface area contributed by atoms with Crippen LogP contribution in [0.25, 0.3) is 0 Å². The molecule has 0 saturated carbocycles. The first kappa shape index (κ1) is 20.7. The maximum Gasteiger partial charge on any atom is 0.250 e. The monoisotopic (exact) mass is 424 g/mol. The van der Waals surface area contributed by atoms with Gasteiger partial charge in [0.2, 0.25) is 5.91 Å². The third kappa shape index (κ3) is 3.18. The average molecular weight is 425 g/mol. The van der Waals surface area contributed by atoms with Gasteiger partial charge in [-0.15, -0.1) is 0 Å². The van der Waals surface area contributed by atoms with Crippen LogP contribution in [0.4, 0.5) is 5.69 Å². The second kappa shape index (κ2) is 8.03. The summed E-state index contributed by atoms with van der Waals surface area (Å²) in [5.41, 5.74) is 2.29. The van der Waals surface area contributed by atoms with Gasteiger partial charge in [0, 0.05) is 28.8 Å². The molecule has 0 radical (unpaired) electrons. The van der Waals surface area contributed by atoms with Gasteiger partial charge < -0.3 is 5.32 Å². The summed E-state index contributed by atoms with van der Waals surface area (Å²) in [6.07, 6.45) is 0.870. The van der Waals surface area contributed by atoms with Gasteiger partial charge in [-0.25, -0.2) is 0 Å². The van der Waals surface area contributed by atoms with Crippen LogP contribution in [0, 0.1) is 11.8 Å². The fraction of sp³-hybridized carbons (Fsp3) is 0.286. The van der Waals surface area contributed by atoms with Gasteiger partial charge in [0.1, 0.15) is 5.54 Å². The number of anilines is 1. The maximum atomic E-state index is 14.2. The zero-order valence-corrected chi connectivity index (χ0v) is 18.4. The maximum absolute atomic E-state index is 14.2. The highest BCUT2D eigenvalue weighted by molar-refractivity contribution is 6.12. The molecule has 4 nitrogen and oxygen atoms in total. The van der Waals surface area contributed by atoms with E-state index in [1.807, 2.05) is 72.8 Å². The number of carbonyl (C=O) groups excluding carboxylic acids is 2. The van der Waals surface area contributed by atoms with Crippen molar-refractivity contribution in [2.45, 2.75) is 37.8 Å². The number of hydrogen-bond donors (Lipinski definition) is 2. The highest BCUT2D eigenvalue weighted by Gasteiger charge is 2.64. The number of amides is 1. The fourth-order valence-electron chi connectivity index (χ4n) is 5.66. The molecule has 162 valence electrons. The zero-order chi connectivity index (χ0) is 22.3. The predicted octanol–water partition coefficient (Wildman–Crippen LogP) is 5.13. The van der Waals surface area contributed by atoms with Crippen molar-refractivity contribution in [1.82, 2.24) is 5.32 Å². The molecule has 2 N–H and O–H groups in total. The number of hydrogen-bond acceptors (Lipinski definition) is 3. The van der Waals surface area contributed by atoms with Crippen molar-refractivity contribution < 1.29 is 9.59 Å². The molecule has 1 spiro atoms. The minimum absolute atomic E-state index is 0.00469. The molecule has 4 atom stereocenters. The molecule has 32 heavy (non-hydrogen) atoms. The number of rotatable bonds is 5. The van der Waals surface area contributed by atoms with Crippen LogP contribution in [0.2, 0.25) is 0 Å². The lowest BCUT2D eigenvalue weighted by atomic mass is 9.69. The predicted molar refractivity (Wildman–Crippen MR) is 127 cm³/mol. The first-order valence-electron chi connectivity index (χ1n) is 11.3. The van der Waals surface area contributed by atoms with E-state index < -0.39 is 11.5 Å². The van der Waals surface area contributed by atoms with E-state index in [-0.39, 0.29) is 23.7 Å². The van der Waals surface area contributed by atoms with Crippen molar-refractivity contribution in [2.75, 3.05) is 5.32 Å². The summed E-state index contributed by atoms with van der Waals surface area (Å²) in [6.45, 7) is 4.37. The summed E-state index contributed by atoms with van der Waals surface area (Å²) in [5.74, 6) is -0.394. The number of fused-ring (bicyclic) bond motifs is 2. The van der Waals surface area contributed by atoms with Gasteiger partial charge in [-0.3, -0.25) is 14.9 Å². The molecule has 1 saturated heterocycles. The molecular weight excluding hydrogens is 396 g/mol. The van der Waals surface area contributed by atoms with Crippen LogP contribution in [0.1, 0.15) is 47.7 Å². The highest BCUT2D eigenvalue weighted by atomic mass is 16.2. The van der Waals surface area contributed by atoms with E-state index in [0.29, 0.717) is 11.5 Å². The van der Waals surface area contributed by atoms with E-state index in [9.17, 15) is 9.59 Å². The van der Waals surface area contributed by atoms with Gasteiger partial charge in [0.15, 0.2) is 5.78 Å². The first-order valence-corrected chi connectivity index (χ1v) is 11.3. The Morgan fingerprint density at radius 2 is 1.53 bits per heavy atom. The first-order chi connectivity index (χ1) is 15.5. The van der Waals surface area contributed by atoms with Crippen molar-refractivity contribution in [1.29, 1.82) is 0 Å². The van der Waals surface area contributed by atoms with Crippen LogP contribution < -0.4 is 10.6 Å². The number of nitrogens with one attached hydrogen (secondary N) is 2. The summed E-state index contributed by atoms with van der Waals surface area (Å²) < 4.78 is 0. The second-order valence-corrected chi connectivity index (χ2v) is 9.33. The summed E-state index contributed by atoms with van der Waals surface area (Å²) in [6, 6.07) is 27.3. The molecule has 5 rings (SSSR count). The lowest BCUT2D eigenvalue weighted by Crippen LogP contribution is -2.51. The minimum atomic E-state index is -1.09. The topological polar surface area (TPSA) is 58.2 Å². The van der Waals surface area contributed by atoms with Gasteiger partial charge in [0.25, 0.3) is 0 Å². The van der Waals surface area contributed by atoms with Crippen LogP contribution in [-0.2, 0) is 10.3 Å². The summed E-state index contributed by atoms with van der Waals surface area (Å²) in [4.78, 5) is 27.8. The van der Waals surface area contributed by atoms with Crippen molar-refractivity contribution in [3.8, 4) is 0 Å². The Morgan fingerprint density at radius 3 is 2.22 bits per heavy atom. The number of para-hydroxylation sites is 1. The van der Waals surface area contributed by atoms with Crippen molar-refractivity contribution >= 4 is 17.4 Å². The van der Waals surface area contributed by atoms with E-state index in [1.54, 1.807) is 0 Å². The molecule has 1 amide bonds. The Morgan fingerprint density at radius 1 is 0.906 bits per heavy atom. The van der Waals surface area contributed by atoms with Crippen LogP contribution in [0.3, 0.4) is 0 Å². The summed E-state index contributed by atoms with van der Waals surface area (Å²) >= 11 is 0. The smallest absolute Gasteiger partial charge is 0.250 e. The fourth-order valence-corrected chi connectivity index (χ4v) is 5.66. The van der Waals surface area contributed by atoms with Crippen LogP contribution >= 0.6 is 0 Å². The molecule has 2 aliphatic heterocycles. The Hall–Kier alpha value is -3.24. The van der Waals surface area contributed by atoms with Gasteiger partial charge in [0.05, 0.1) is 5.92 Å². The molecule has 4 heteroatoms. The number of carbonyl (C=O) groups is 2. The Bertz CT molecular complexity index is 1140. The van der Waals surface area contributed by atoms with Crippen molar-refractivity contribution in [2.24, 2.45) is 11.8 Å². The molecule has 2 aliphatic rings. The normalized spacial score (nSPS) is 26.3. The molecule has 3 aromatic carbocycles. The van der Waals surface area contributed by atoms with E-state index in [1.165, 1.54) is 0 Å². The third-order valence-corrected chi connectivity index (χ3v) is 6.88. The Balaban J connectivity index is 1.74. The average Bonchev–Trinajstić information content (AvgIpc) is 3.29. The zero-order valence-electron chi connectivity index (χ0n) is 18.4. The van der Waals surface area contributed by atoms with Crippen LogP contribution in [0.15, 0.2) is 84.9 Å². The second-order valence-electron chi connectivity index (χ2n) is 9.33. The van der Waals surface area contributed by atoms with Crippen LogP contribution in [0.5, 0.6) is 0 Å². The SMILES string of the molecule is CC(C)CC1NC2(C(=O)Nc3ccccc32)C(C(=O)c2ccccc2)C1c1ccccc1. The highest BCUT2D eigenvalue weighted by Crippen LogP contribution is 2.54. The lowest BCUT2D eigenvalue weighted by molar-refractivity contribution is -0.122. The third-order valence-electron chi connectivity index (χ3n) is 6.88. The molecule has 2 heterocycles.